The average Bonchev–Trinajstić information content (AvgIpc) is 2.20. The average molecular weight is 221 g/mol. The molecule has 0 heterocycles. The molecule has 0 spiro atoms. The van der Waals surface area contributed by atoms with E-state index in [0.717, 1.165) is 35.5 Å². The van der Waals surface area contributed by atoms with Crippen LogP contribution >= 0.6 is 0 Å². The SMILES string of the molecule is CCC1CCC1C1CCC1C1C(C)C[C@@H]1N. The van der Waals surface area contributed by atoms with Crippen molar-refractivity contribution in [3.8, 4) is 0 Å². The Labute approximate surface area is 100 Å². The predicted octanol–water partition coefficient (Wildman–Crippen LogP) is 3.43. The Morgan fingerprint density at radius 1 is 1.00 bits per heavy atom. The molecule has 0 aromatic carbocycles. The van der Waals surface area contributed by atoms with Crippen LogP contribution in [0.25, 0.3) is 0 Å². The molecule has 3 saturated carbocycles. The van der Waals surface area contributed by atoms with Gasteiger partial charge < -0.3 is 5.73 Å². The molecular weight excluding hydrogens is 194 g/mol. The third-order valence-electron chi connectivity index (χ3n) is 6.22. The zero-order valence-corrected chi connectivity index (χ0v) is 10.9. The molecule has 0 aromatic heterocycles. The molecule has 0 bridgehead atoms. The normalized spacial score (nSPS) is 56.1. The van der Waals surface area contributed by atoms with Gasteiger partial charge in [0.25, 0.3) is 0 Å². The maximum absolute atomic E-state index is 6.21. The maximum Gasteiger partial charge on any atom is 0.00751 e. The quantitative estimate of drug-likeness (QED) is 0.776. The summed E-state index contributed by atoms with van der Waals surface area (Å²) in [5.74, 6) is 6.04. The van der Waals surface area contributed by atoms with Crippen molar-refractivity contribution >= 4 is 0 Å². The summed E-state index contributed by atoms with van der Waals surface area (Å²) in [7, 11) is 0. The number of hydrogen-bond acceptors (Lipinski definition) is 1. The van der Waals surface area contributed by atoms with E-state index in [9.17, 15) is 0 Å². The molecule has 0 aliphatic heterocycles. The third-order valence-corrected chi connectivity index (χ3v) is 6.22. The lowest BCUT2D eigenvalue weighted by Crippen LogP contribution is -2.56. The van der Waals surface area contributed by atoms with Gasteiger partial charge in [0.05, 0.1) is 0 Å². The minimum absolute atomic E-state index is 0.544. The second-order valence-corrected chi connectivity index (χ2v) is 6.77. The molecule has 3 rings (SSSR count). The maximum atomic E-state index is 6.21. The molecule has 2 N–H and O–H groups in total. The number of rotatable bonds is 3. The minimum Gasteiger partial charge on any atom is -0.327 e. The molecule has 3 fully saturated rings. The molecule has 92 valence electrons. The molecular formula is C15H27N. The molecule has 3 aliphatic rings. The highest BCUT2D eigenvalue weighted by Gasteiger charge is 2.51. The van der Waals surface area contributed by atoms with Gasteiger partial charge in [0.1, 0.15) is 0 Å². The van der Waals surface area contributed by atoms with Gasteiger partial charge in [-0.2, -0.15) is 0 Å². The van der Waals surface area contributed by atoms with E-state index in [-0.39, 0.29) is 0 Å². The van der Waals surface area contributed by atoms with Crippen molar-refractivity contribution in [3.05, 3.63) is 0 Å². The van der Waals surface area contributed by atoms with Gasteiger partial charge in [-0.15, -0.1) is 0 Å². The van der Waals surface area contributed by atoms with E-state index >= 15 is 0 Å². The van der Waals surface area contributed by atoms with E-state index in [0.29, 0.717) is 6.04 Å². The van der Waals surface area contributed by atoms with E-state index in [4.69, 9.17) is 5.73 Å². The Bertz CT molecular complexity index is 252. The molecule has 0 amide bonds. The topological polar surface area (TPSA) is 26.0 Å². The molecule has 7 atom stereocenters. The van der Waals surface area contributed by atoms with Crippen molar-refractivity contribution < 1.29 is 0 Å². The van der Waals surface area contributed by atoms with E-state index in [1.165, 1.54) is 38.5 Å². The molecule has 0 aromatic rings. The highest BCUT2D eigenvalue weighted by Crippen LogP contribution is 2.57. The van der Waals surface area contributed by atoms with Crippen molar-refractivity contribution in [1.82, 2.24) is 0 Å². The van der Waals surface area contributed by atoms with Gasteiger partial charge in [-0.25, -0.2) is 0 Å². The van der Waals surface area contributed by atoms with Crippen LogP contribution in [0.4, 0.5) is 0 Å². The van der Waals surface area contributed by atoms with Gasteiger partial charge in [0, 0.05) is 6.04 Å². The first-order valence-corrected chi connectivity index (χ1v) is 7.48. The van der Waals surface area contributed by atoms with Crippen LogP contribution in [0, 0.1) is 35.5 Å². The summed E-state index contributed by atoms with van der Waals surface area (Å²) < 4.78 is 0. The van der Waals surface area contributed by atoms with Gasteiger partial charge in [-0.05, 0) is 67.6 Å². The zero-order valence-electron chi connectivity index (χ0n) is 10.9. The van der Waals surface area contributed by atoms with Gasteiger partial charge in [0.2, 0.25) is 0 Å². The van der Waals surface area contributed by atoms with Gasteiger partial charge in [0.15, 0.2) is 0 Å². The zero-order chi connectivity index (χ0) is 11.3. The van der Waals surface area contributed by atoms with Crippen molar-refractivity contribution in [2.75, 3.05) is 0 Å². The highest BCUT2D eigenvalue weighted by molar-refractivity contribution is 5.02. The summed E-state index contributed by atoms with van der Waals surface area (Å²) in [6.45, 7) is 4.80. The summed E-state index contributed by atoms with van der Waals surface area (Å²) >= 11 is 0. The van der Waals surface area contributed by atoms with Crippen LogP contribution in [-0.4, -0.2) is 6.04 Å². The first-order valence-electron chi connectivity index (χ1n) is 7.48. The van der Waals surface area contributed by atoms with Crippen LogP contribution in [0.1, 0.15) is 52.4 Å². The molecule has 0 radical (unpaired) electrons. The Morgan fingerprint density at radius 2 is 1.69 bits per heavy atom. The van der Waals surface area contributed by atoms with Crippen LogP contribution in [0.5, 0.6) is 0 Å². The summed E-state index contributed by atoms with van der Waals surface area (Å²) in [5, 5.41) is 0. The van der Waals surface area contributed by atoms with E-state index in [1.807, 2.05) is 0 Å². The second-order valence-electron chi connectivity index (χ2n) is 6.77. The fourth-order valence-electron chi connectivity index (χ4n) is 4.94. The van der Waals surface area contributed by atoms with E-state index in [2.05, 4.69) is 13.8 Å². The van der Waals surface area contributed by atoms with E-state index in [1.54, 1.807) is 0 Å². The standard InChI is InChI=1S/C15H27N/c1-3-10-4-5-11(10)12-6-7-13(12)15-9(2)8-14(15)16/h9-15H,3-8,16H2,1-2H3/t9?,10?,11?,12?,13?,14-,15?/m0/s1. The van der Waals surface area contributed by atoms with Crippen LogP contribution in [-0.2, 0) is 0 Å². The minimum atomic E-state index is 0.544. The summed E-state index contributed by atoms with van der Waals surface area (Å²) in [5.41, 5.74) is 6.21. The van der Waals surface area contributed by atoms with Crippen LogP contribution < -0.4 is 5.73 Å². The molecule has 16 heavy (non-hydrogen) atoms. The Hall–Kier alpha value is -0.0400. The van der Waals surface area contributed by atoms with Gasteiger partial charge in [-0.3, -0.25) is 0 Å². The third kappa shape index (κ3) is 1.47. The second kappa shape index (κ2) is 4.01. The van der Waals surface area contributed by atoms with Crippen LogP contribution in [0.2, 0.25) is 0 Å². The number of hydrogen-bond donors (Lipinski definition) is 1. The van der Waals surface area contributed by atoms with Gasteiger partial charge >= 0.3 is 0 Å². The lowest BCUT2D eigenvalue weighted by atomic mass is 9.49. The lowest BCUT2D eigenvalue weighted by Gasteiger charge is -2.57. The Kier molecular flexibility index (Phi) is 2.78. The Morgan fingerprint density at radius 3 is 2.06 bits per heavy atom. The first kappa shape index (κ1) is 11.1. The number of nitrogens with two attached hydrogens (primary N) is 1. The fourth-order valence-corrected chi connectivity index (χ4v) is 4.94. The largest absolute Gasteiger partial charge is 0.327 e. The molecule has 1 heteroatoms. The molecule has 3 aliphatic carbocycles. The molecule has 0 saturated heterocycles. The van der Waals surface area contributed by atoms with Crippen molar-refractivity contribution in [1.29, 1.82) is 0 Å². The van der Waals surface area contributed by atoms with Crippen molar-refractivity contribution in [3.63, 3.8) is 0 Å². The van der Waals surface area contributed by atoms with Crippen LogP contribution in [0.15, 0.2) is 0 Å². The fraction of sp³-hybridized carbons (Fsp3) is 1.00. The lowest BCUT2D eigenvalue weighted by molar-refractivity contribution is -0.0689. The highest BCUT2D eigenvalue weighted by atomic mass is 14.7. The van der Waals surface area contributed by atoms with Gasteiger partial charge in [-0.1, -0.05) is 20.3 Å². The smallest absolute Gasteiger partial charge is 0.00751 e. The van der Waals surface area contributed by atoms with Crippen molar-refractivity contribution in [2.24, 2.45) is 41.2 Å². The van der Waals surface area contributed by atoms with Crippen molar-refractivity contribution in [2.45, 2.75) is 58.4 Å². The summed E-state index contributed by atoms with van der Waals surface area (Å²) in [4.78, 5) is 0. The Balaban J connectivity index is 1.61. The van der Waals surface area contributed by atoms with E-state index < -0.39 is 0 Å². The summed E-state index contributed by atoms with van der Waals surface area (Å²) in [6, 6.07) is 0.544. The predicted molar refractivity (Wildman–Crippen MR) is 68.0 cm³/mol. The van der Waals surface area contributed by atoms with Crippen LogP contribution in [0.3, 0.4) is 0 Å². The first-order chi connectivity index (χ1) is 7.72. The monoisotopic (exact) mass is 221 g/mol. The molecule has 6 unspecified atom stereocenters. The molecule has 1 nitrogen and oxygen atoms in total. The summed E-state index contributed by atoms with van der Waals surface area (Å²) in [6.07, 6.45) is 8.74.